The number of ketones is 1. The van der Waals surface area contributed by atoms with Crippen LogP contribution in [0.3, 0.4) is 0 Å². The molecule has 152 valence electrons. The van der Waals surface area contributed by atoms with Crippen LogP contribution in [0, 0.1) is 0 Å². The summed E-state index contributed by atoms with van der Waals surface area (Å²) in [6.45, 7) is 5.98. The van der Waals surface area contributed by atoms with Gasteiger partial charge in [-0.2, -0.15) is 0 Å². The molecule has 1 aromatic rings. The summed E-state index contributed by atoms with van der Waals surface area (Å²) in [4.78, 5) is 12.8. The molecule has 1 aromatic carbocycles. The Bertz CT molecular complexity index is 895. The van der Waals surface area contributed by atoms with E-state index in [1.807, 2.05) is 6.07 Å². The minimum Gasteiger partial charge on any atom is -1.00 e. The van der Waals surface area contributed by atoms with Crippen LogP contribution in [0.4, 0.5) is 0 Å². The largest absolute Gasteiger partial charge is 1.00 e. The molecule has 28 heavy (non-hydrogen) atoms. The van der Waals surface area contributed by atoms with E-state index in [1.54, 1.807) is 6.07 Å². The Morgan fingerprint density at radius 2 is 2.11 bits per heavy atom. The number of aromatic hydroxyl groups is 1. The van der Waals surface area contributed by atoms with Crippen LogP contribution < -0.4 is 28.7 Å². The number of rotatable bonds is 2. The van der Waals surface area contributed by atoms with E-state index in [2.05, 4.69) is 27.0 Å². The lowest BCUT2D eigenvalue weighted by Crippen LogP contribution is -3.00. The molecule has 1 saturated heterocycles. The number of phenols is 1. The molecule has 2 N–H and O–H groups in total. The van der Waals surface area contributed by atoms with Gasteiger partial charge in [-0.25, -0.2) is 0 Å². The van der Waals surface area contributed by atoms with Crippen molar-refractivity contribution in [1.82, 2.24) is 0 Å². The van der Waals surface area contributed by atoms with Crippen LogP contribution in [-0.2, 0) is 16.6 Å². The van der Waals surface area contributed by atoms with Crippen LogP contribution in [0.1, 0.15) is 44.2 Å². The van der Waals surface area contributed by atoms with E-state index >= 15 is 0 Å². The van der Waals surface area contributed by atoms with E-state index < -0.39 is 17.1 Å². The summed E-state index contributed by atoms with van der Waals surface area (Å²) < 4.78 is 6.85. The second-order valence-corrected chi connectivity index (χ2v) is 9.44. The zero-order valence-corrected chi connectivity index (χ0v) is 18.8. The molecule has 0 aromatic heterocycles. The fraction of sp³-hybridized carbons (Fsp3) is 0.591. The maximum absolute atomic E-state index is 12.8. The van der Waals surface area contributed by atoms with Crippen molar-refractivity contribution in [3.8, 4) is 11.5 Å². The monoisotopic (exact) mass is 497 g/mol. The van der Waals surface area contributed by atoms with Crippen LogP contribution >= 0.6 is 0 Å². The second-order valence-electron chi connectivity index (χ2n) is 9.44. The molecule has 1 spiro atoms. The number of ether oxygens (including phenoxy) is 1. The van der Waals surface area contributed by atoms with E-state index in [0.29, 0.717) is 25.0 Å². The number of carbonyl (C=O) groups is 1. The predicted molar refractivity (Wildman–Crippen MR) is 101 cm³/mol. The molecule has 2 bridgehead atoms. The lowest BCUT2D eigenvalue weighted by Gasteiger charge is -2.64. The molecule has 0 amide bonds. The smallest absolute Gasteiger partial charge is 0.174 e. The third-order valence-corrected chi connectivity index (χ3v) is 7.82. The van der Waals surface area contributed by atoms with Gasteiger partial charge < -0.3 is 43.4 Å². The third-order valence-electron chi connectivity index (χ3n) is 7.82. The number of halogens is 1. The number of hydrogen-bond donors (Lipinski definition) is 2. The maximum atomic E-state index is 12.8. The zero-order valence-electron chi connectivity index (χ0n) is 16.7. The molecule has 1 saturated carbocycles. The highest BCUT2D eigenvalue weighted by molar-refractivity contribution is 5.90. The average Bonchev–Trinajstić information content (AvgIpc) is 2.98. The highest BCUT2D eigenvalue weighted by atomic mass is 127. The molecule has 5 atom stereocenters. The van der Waals surface area contributed by atoms with Crippen molar-refractivity contribution >= 4 is 5.78 Å². The molecular formula is C22H28INO4. The Labute approximate surface area is 183 Å². The standard InChI is InChI=1S/C22H27NO4.HI/c1-13(2)7-10-23(3)11-9-21-18-14-4-5-15(24)19(18)27-20(21)16(25)6-8-22(21,26)17(23)12-14;/h4-5,7,17,20,26H,6,8-12H2,1-3H3;1H/t17-,20+,21+,22?,23-;/m1./s1. The number of Topliss-reactive ketones (excluding diaryl/α,β-unsaturated/α-hetero) is 1. The molecule has 1 unspecified atom stereocenters. The first kappa shape index (κ1) is 20.2. The molecule has 2 aliphatic carbocycles. The summed E-state index contributed by atoms with van der Waals surface area (Å²) in [6, 6.07) is 3.65. The Hall–Kier alpha value is -1.12. The Morgan fingerprint density at radius 3 is 2.82 bits per heavy atom. The first-order valence-electron chi connectivity index (χ1n) is 9.98. The molecule has 2 heterocycles. The average molecular weight is 497 g/mol. The number of likely N-dealkylation sites (N-methyl/N-ethyl adjacent to an activating group) is 1. The van der Waals surface area contributed by atoms with Gasteiger partial charge in [0.05, 0.1) is 25.6 Å². The molecule has 2 fully saturated rings. The van der Waals surface area contributed by atoms with Crippen molar-refractivity contribution in [2.75, 3.05) is 20.1 Å². The summed E-state index contributed by atoms with van der Waals surface area (Å²) in [5, 5.41) is 22.6. The van der Waals surface area contributed by atoms with Crippen LogP contribution in [0.25, 0.3) is 0 Å². The van der Waals surface area contributed by atoms with Gasteiger partial charge in [-0.1, -0.05) is 11.6 Å². The topological polar surface area (TPSA) is 66.8 Å². The quantitative estimate of drug-likeness (QED) is 0.320. The fourth-order valence-electron chi connectivity index (χ4n) is 6.44. The lowest BCUT2D eigenvalue weighted by atomic mass is 9.48. The van der Waals surface area contributed by atoms with Gasteiger partial charge in [0.15, 0.2) is 23.4 Å². The number of nitrogens with zero attached hydrogens (tertiary/aromatic N) is 1. The van der Waals surface area contributed by atoms with Crippen LogP contribution in [0.15, 0.2) is 23.8 Å². The third kappa shape index (κ3) is 2.22. The summed E-state index contributed by atoms with van der Waals surface area (Å²) in [7, 11) is 2.24. The van der Waals surface area contributed by atoms with E-state index in [1.165, 1.54) is 5.57 Å². The van der Waals surface area contributed by atoms with E-state index in [9.17, 15) is 15.0 Å². The lowest BCUT2D eigenvalue weighted by molar-refractivity contribution is -0.944. The molecule has 5 rings (SSSR count). The van der Waals surface area contributed by atoms with Crippen molar-refractivity contribution in [1.29, 1.82) is 0 Å². The maximum Gasteiger partial charge on any atom is 0.174 e. The molecular weight excluding hydrogens is 469 g/mol. The van der Waals surface area contributed by atoms with E-state index in [-0.39, 0.29) is 41.6 Å². The second kappa shape index (κ2) is 6.19. The summed E-state index contributed by atoms with van der Waals surface area (Å²) in [5.41, 5.74) is 1.62. The first-order chi connectivity index (χ1) is 12.7. The summed E-state index contributed by atoms with van der Waals surface area (Å²) >= 11 is 0. The van der Waals surface area contributed by atoms with Gasteiger partial charge in [0.2, 0.25) is 0 Å². The highest BCUT2D eigenvalue weighted by Gasteiger charge is 2.76. The fourth-order valence-corrected chi connectivity index (χ4v) is 6.44. The highest BCUT2D eigenvalue weighted by Crippen LogP contribution is 2.65. The number of allylic oxidation sites excluding steroid dienone is 1. The van der Waals surface area contributed by atoms with Crippen molar-refractivity contribution in [3.63, 3.8) is 0 Å². The zero-order chi connectivity index (χ0) is 19.2. The van der Waals surface area contributed by atoms with Gasteiger partial charge in [0.1, 0.15) is 11.6 Å². The number of phenolic OH excluding ortho intramolecular Hbond substituents is 1. The predicted octanol–water partition coefficient (Wildman–Crippen LogP) is -0.770. The Morgan fingerprint density at radius 1 is 1.36 bits per heavy atom. The first-order valence-corrected chi connectivity index (χ1v) is 9.98. The van der Waals surface area contributed by atoms with E-state index in [0.717, 1.165) is 35.1 Å². The number of hydrogen-bond acceptors (Lipinski definition) is 4. The number of carbonyl (C=O) groups excluding carboxylic acids is 1. The number of aliphatic hydroxyl groups is 1. The molecule has 5 nitrogen and oxygen atoms in total. The van der Waals surface area contributed by atoms with Crippen molar-refractivity contribution < 1.29 is 48.2 Å². The van der Waals surface area contributed by atoms with Gasteiger partial charge in [-0.05, 0) is 38.0 Å². The van der Waals surface area contributed by atoms with Gasteiger partial charge >= 0.3 is 0 Å². The van der Waals surface area contributed by atoms with Crippen LogP contribution in [0.5, 0.6) is 11.5 Å². The summed E-state index contributed by atoms with van der Waals surface area (Å²) in [6.07, 6.45) is 3.86. The summed E-state index contributed by atoms with van der Waals surface area (Å²) in [5.74, 6) is 0.575. The van der Waals surface area contributed by atoms with Gasteiger partial charge in [-0.3, -0.25) is 4.79 Å². The Kier molecular flexibility index (Phi) is 4.46. The normalized spacial score (nSPS) is 39.5. The van der Waals surface area contributed by atoms with Crippen molar-refractivity contribution in [2.45, 2.75) is 62.7 Å². The SMILES string of the molecule is CC(C)=CC[N@+]1(C)CC[C@]23c4c5ccc(O)c4O[C@H]2C(=O)CCC3(O)[C@H]1C5.[I-]. The van der Waals surface area contributed by atoms with Crippen LogP contribution in [-0.4, -0.2) is 58.4 Å². The van der Waals surface area contributed by atoms with Crippen LogP contribution in [0.2, 0.25) is 0 Å². The molecule has 2 aliphatic heterocycles. The number of benzene rings is 1. The van der Waals surface area contributed by atoms with Gasteiger partial charge in [0.25, 0.3) is 0 Å². The number of piperidine rings is 1. The minimum absolute atomic E-state index is 0. The van der Waals surface area contributed by atoms with Crippen molar-refractivity contribution in [3.05, 3.63) is 34.9 Å². The Balaban J connectivity index is 0.00000192. The van der Waals surface area contributed by atoms with Gasteiger partial charge in [0, 0.05) is 24.8 Å². The van der Waals surface area contributed by atoms with E-state index in [4.69, 9.17) is 4.74 Å². The number of quaternary nitrogens is 1. The molecule has 4 aliphatic rings. The number of likely N-dealkylation sites (tertiary alicyclic amines) is 1. The molecule has 0 radical (unpaired) electrons. The molecule has 6 heteroatoms. The van der Waals surface area contributed by atoms with Gasteiger partial charge in [-0.15, -0.1) is 0 Å². The minimum atomic E-state index is -0.986. The van der Waals surface area contributed by atoms with Crippen molar-refractivity contribution in [2.24, 2.45) is 0 Å².